The molecule has 0 bridgehead atoms. The number of sulfone groups is 1. The normalized spacial score (nSPS) is 12.8. The summed E-state index contributed by atoms with van der Waals surface area (Å²) in [5.74, 6) is 0.0749. The topological polar surface area (TPSA) is 54.4 Å². The van der Waals surface area contributed by atoms with Gasteiger partial charge in [-0.25, -0.2) is 8.42 Å². The summed E-state index contributed by atoms with van der Waals surface area (Å²) in [6.07, 6.45) is 0. The van der Waals surface area contributed by atoms with Crippen LogP contribution in [0.2, 0.25) is 0 Å². The van der Waals surface area contributed by atoms with Crippen molar-refractivity contribution in [1.82, 2.24) is 0 Å². The zero-order valence-corrected chi connectivity index (χ0v) is 10.7. The molecule has 1 aromatic rings. The van der Waals surface area contributed by atoms with E-state index in [1.807, 2.05) is 13.8 Å². The Morgan fingerprint density at radius 3 is 2.31 bits per heavy atom. The molecule has 0 fully saturated rings. The van der Waals surface area contributed by atoms with E-state index in [1.54, 1.807) is 31.2 Å². The molecule has 0 saturated heterocycles. The zero-order valence-electron chi connectivity index (χ0n) is 9.90. The minimum absolute atomic E-state index is 0.0749. The van der Waals surface area contributed by atoms with Gasteiger partial charge in [0.25, 0.3) is 0 Å². The second-order valence-electron chi connectivity index (χ2n) is 4.44. The molecular weight excluding hydrogens is 224 g/mol. The Hall–Kier alpha value is -0.870. The fourth-order valence-electron chi connectivity index (χ4n) is 1.54. The first kappa shape index (κ1) is 13.2. The van der Waals surface area contributed by atoms with Gasteiger partial charge >= 0.3 is 0 Å². The second-order valence-corrected chi connectivity index (χ2v) is 6.69. The molecule has 1 N–H and O–H groups in total. The maximum Gasteiger partial charge on any atom is 0.178 e. The van der Waals surface area contributed by atoms with E-state index in [4.69, 9.17) is 0 Å². The molecular formula is C12H18O3S. The van der Waals surface area contributed by atoms with Crippen molar-refractivity contribution in [2.75, 3.05) is 12.4 Å². The summed E-state index contributed by atoms with van der Waals surface area (Å²) in [6, 6.07) is 6.87. The van der Waals surface area contributed by atoms with Gasteiger partial charge in [0.1, 0.15) is 0 Å². The van der Waals surface area contributed by atoms with Gasteiger partial charge in [-0.15, -0.1) is 0 Å². The lowest BCUT2D eigenvalue weighted by Crippen LogP contribution is -2.25. The third-order valence-electron chi connectivity index (χ3n) is 2.73. The molecule has 0 saturated carbocycles. The van der Waals surface area contributed by atoms with Crippen LogP contribution in [0.3, 0.4) is 0 Å². The van der Waals surface area contributed by atoms with Crippen molar-refractivity contribution >= 4 is 9.84 Å². The Labute approximate surface area is 97.0 Å². The van der Waals surface area contributed by atoms with Gasteiger partial charge in [0.15, 0.2) is 9.84 Å². The molecule has 1 rings (SSSR count). The first-order valence-electron chi connectivity index (χ1n) is 5.28. The van der Waals surface area contributed by atoms with Crippen LogP contribution in [-0.2, 0) is 15.3 Å². The molecule has 0 spiro atoms. The Morgan fingerprint density at radius 2 is 1.81 bits per heavy atom. The number of aliphatic hydroxyl groups is 1. The lowest BCUT2D eigenvalue weighted by atomic mass is 9.86. The van der Waals surface area contributed by atoms with Crippen LogP contribution in [0.25, 0.3) is 0 Å². The summed E-state index contributed by atoms with van der Waals surface area (Å²) in [4.78, 5) is 0.330. The zero-order chi connectivity index (χ0) is 12.4. The number of hydrogen-bond donors (Lipinski definition) is 1. The smallest absolute Gasteiger partial charge is 0.178 e. The largest absolute Gasteiger partial charge is 0.395 e. The molecule has 0 aliphatic heterocycles. The molecule has 90 valence electrons. The predicted molar refractivity (Wildman–Crippen MR) is 64.3 cm³/mol. The molecule has 4 heteroatoms. The minimum atomic E-state index is -3.23. The van der Waals surface area contributed by atoms with Gasteiger partial charge in [-0.3, -0.25) is 0 Å². The van der Waals surface area contributed by atoms with Crippen molar-refractivity contribution in [3.05, 3.63) is 29.8 Å². The lowest BCUT2D eigenvalue weighted by molar-refractivity contribution is 0.216. The molecule has 0 atom stereocenters. The molecule has 3 nitrogen and oxygen atoms in total. The molecule has 0 aromatic heterocycles. The first-order chi connectivity index (χ1) is 7.35. The SMILES string of the molecule is CCS(=O)(=O)c1ccccc1C(C)(C)CO. The highest BCUT2D eigenvalue weighted by Crippen LogP contribution is 2.29. The average molecular weight is 242 g/mol. The van der Waals surface area contributed by atoms with E-state index in [9.17, 15) is 13.5 Å². The standard InChI is InChI=1S/C12H18O3S/c1-4-16(14,15)11-8-6-5-7-10(11)12(2,3)9-13/h5-8,13H,4,9H2,1-3H3. The van der Waals surface area contributed by atoms with Crippen molar-refractivity contribution < 1.29 is 13.5 Å². The van der Waals surface area contributed by atoms with Crippen LogP contribution in [0.15, 0.2) is 29.2 Å². The highest BCUT2D eigenvalue weighted by atomic mass is 32.2. The third-order valence-corrected chi connectivity index (χ3v) is 4.51. The average Bonchev–Trinajstić information content (AvgIpc) is 2.29. The lowest BCUT2D eigenvalue weighted by Gasteiger charge is -2.24. The monoisotopic (exact) mass is 242 g/mol. The Morgan fingerprint density at radius 1 is 1.25 bits per heavy atom. The van der Waals surface area contributed by atoms with Crippen LogP contribution < -0.4 is 0 Å². The van der Waals surface area contributed by atoms with Crippen molar-refractivity contribution in [3.8, 4) is 0 Å². The fourth-order valence-corrected chi connectivity index (χ4v) is 2.81. The van der Waals surface area contributed by atoms with Gasteiger partial charge in [-0.05, 0) is 11.6 Å². The van der Waals surface area contributed by atoms with E-state index < -0.39 is 15.3 Å². The van der Waals surface area contributed by atoms with Gasteiger partial charge in [0.2, 0.25) is 0 Å². The van der Waals surface area contributed by atoms with Crippen molar-refractivity contribution in [2.45, 2.75) is 31.1 Å². The van der Waals surface area contributed by atoms with Gasteiger partial charge < -0.3 is 5.11 Å². The van der Waals surface area contributed by atoms with Crippen LogP contribution in [0.4, 0.5) is 0 Å². The summed E-state index contributed by atoms with van der Waals surface area (Å²) in [5.41, 5.74) is 0.137. The molecule has 0 heterocycles. The second kappa shape index (κ2) is 4.55. The minimum Gasteiger partial charge on any atom is -0.395 e. The van der Waals surface area contributed by atoms with Gasteiger partial charge in [0, 0.05) is 5.41 Å². The summed E-state index contributed by atoms with van der Waals surface area (Å²) < 4.78 is 23.8. The van der Waals surface area contributed by atoms with Crippen molar-refractivity contribution in [2.24, 2.45) is 0 Å². The predicted octanol–water partition coefficient (Wildman–Crippen LogP) is 1.75. The highest BCUT2D eigenvalue weighted by molar-refractivity contribution is 7.91. The van der Waals surface area contributed by atoms with E-state index in [0.717, 1.165) is 0 Å². The van der Waals surface area contributed by atoms with Crippen LogP contribution in [-0.4, -0.2) is 25.9 Å². The summed E-state index contributed by atoms with van der Waals surface area (Å²) in [7, 11) is -3.23. The number of benzene rings is 1. The Balaban J connectivity index is 3.44. The number of aliphatic hydroxyl groups excluding tert-OH is 1. The third kappa shape index (κ3) is 2.44. The fraction of sp³-hybridized carbons (Fsp3) is 0.500. The maximum absolute atomic E-state index is 11.9. The van der Waals surface area contributed by atoms with Crippen LogP contribution in [0.5, 0.6) is 0 Å². The van der Waals surface area contributed by atoms with Crippen molar-refractivity contribution in [1.29, 1.82) is 0 Å². The Bertz CT molecular complexity index is 461. The summed E-state index contributed by atoms with van der Waals surface area (Å²) in [6.45, 7) is 5.20. The maximum atomic E-state index is 11.9. The molecule has 16 heavy (non-hydrogen) atoms. The summed E-state index contributed by atoms with van der Waals surface area (Å²) >= 11 is 0. The first-order valence-corrected chi connectivity index (χ1v) is 6.93. The quantitative estimate of drug-likeness (QED) is 0.875. The molecule has 0 radical (unpaired) electrons. The molecule has 0 amide bonds. The molecule has 1 aromatic carbocycles. The van der Waals surface area contributed by atoms with Crippen molar-refractivity contribution in [3.63, 3.8) is 0 Å². The van der Waals surface area contributed by atoms with Gasteiger partial charge in [-0.2, -0.15) is 0 Å². The van der Waals surface area contributed by atoms with E-state index in [0.29, 0.717) is 10.5 Å². The van der Waals surface area contributed by atoms with Crippen LogP contribution in [0.1, 0.15) is 26.3 Å². The van der Waals surface area contributed by atoms with E-state index >= 15 is 0 Å². The van der Waals surface area contributed by atoms with Gasteiger partial charge in [-0.1, -0.05) is 39.0 Å². The highest BCUT2D eigenvalue weighted by Gasteiger charge is 2.27. The number of hydrogen-bond acceptors (Lipinski definition) is 3. The van der Waals surface area contributed by atoms with E-state index in [1.165, 1.54) is 0 Å². The van der Waals surface area contributed by atoms with E-state index in [2.05, 4.69) is 0 Å². The van der Waals surface area contributed by atoms with E-state index in [-0.39, 0.29) is 12.4 Å². The number of rotatable bonds is 4. The van der Waals surface area contributed by atoms with Gasteiger partial charge in [0.05, 0.1) is 17.3 Å². The van der Waals surface area contributed by atoms with Crippen LogP contribution >= 0.6 is 0 Å². The summed E-state index contributed by atoms with van der Waals surface area (Å²) in [5, 5.41) is 9.32. The molecule has 0 aliphatic carbocycles. The molecule has 0 unspecified atom stereocenters. The molecule has 0 aliphatic rings. The van der Waals surface area contributed by atoms with Crippen LogP contribution in [0, 0.1) is 0 Å². The Kier molecular flexibility index (Phi) is 3.76.